The molecule has 0 aliphatic heterocycles. The molecule has 6 heteroatoms. The molecule has 0 bridgehead atoms. The highest BCUT2D eigenvalue weighted by Gasteiger charge is 2.19. The maximum atomic E-state index is 12.6. The van der Waals surface area contributed by atoms with Crippen molar-refractivity contribution in [3.63, 3.8) is 0 Å². The van der Waals surface area contributed by atoms with Crippen LogP contribution in [0.5, 0.6) is 0 Å². The van der Waals surface area contributed by atoms with E-state index < -0.39 is 12.1 Å². The Kier molecular flexibility index (Phi) is 42.1. The van der Waals surface area contributed by atoms with Gasteiger partial charge in [-0.3, -0.25) is 14.4 Å². The number of unbranched alkanes of at least 4 members (excludes halogenated alkanes) is 18. The Morgan fingerprint density at radius 3 is 1.16 bits per heavy atom. The maximum Gasteiger partial charge on any atom is 0.310 e. The van der Waals surface area contributed by atoms with E-state index in [1.165, 1.54) is 96.3 Å². The predicted molar refractivity (Wildman–Crippen MR) is 238 cm³/mol. The zero-order valence-electron chi connectivity index (χ0n) is 36.4. The third-order valence-corrected chi connectivity index (χ3v) is 9.48. The molecule has 56 heavy (non-hydrogen) atoms. The monoisotopic (exact) mass is 781 g/mol. The van der Waals surface area contributed by atoms with E-state index in [9.17, 15) is 14.4 Å². The fourth-order valence-electron chi connectivity index (χ4n) is 6.04. The molecule has 0 aliphatic rings. The average Bonchev–Trinajstić information content (AvgIpc) is 3.19. The lowest BCUT2D eigenvalue weighted by Crippen LogP contribution is -2.30. The number of ether oxygens (including phenoxy) is 3. The molecule has 0 heterocycles. The molecule has 0 aromatic rings. The van der Waals surface area contributed by atoms with Crippen LogP contribution >= 0.6 is 0 Å². The molecule has 0 spiro atoms. The largest absolute Gasteiger partial charge is 0.462 e. The van der Waals surface area contributed by atoms with Crippen LogP contribution in [0.15, 0.2) is 72.9 Å². The number of rotatable bonds is 40. The van der Waals surface area contributed by atoms with Gasteiger partial charge in [-0.1, -0.05) is 190 Å². The summed E-state index contributed by atoms with van der Waals surface area (Å²) in [4.78, 5) is 37.5. The summed E-state index contributed by atoms with van der Waals surface area (Å²) in [5, 5.41) is 0. The second kappa shape index (κ2) is 44.6. The van der Waals surface area contributed by atoms with Crippen molar-refractivity contribution >= 4 is 17.9 Å². The first kappa shape index (κ1) is 52.9. The number of carbonyl (C=O) groups is 3. The summed E-state index contributed by atoms with van der Waals surface area (Å²) in [5.41, 5.74) is 0. The van der Waals surface area contributed by atoms with Gasteiger partial charge in [0, 0.05) is 12.8 Å². The Morgan fingerprint density at radius 1 is 0.393 bits per heavy atom. The number of esters is 3. The van der Waals surface area contributed by atoms with Gasteiger partial charge in [0.15, 0.2) is 6.10 Å². The molecule has 0 amide bonds. The molecular formula is C50H84O6. The van der Waals surface area contributed by atoms with E-state index in [0.717, 1.165) is 70.6 Å². The minimum absolute atomic E-state index is 0.0969. The summed E-state index contributed by atoms with van der Waals surface area (Å²) >= 11 is 0. The van der Waals surface area contributed by atoms with Crippen molar-refractivity contribution in [3.05, 3.63) is 72.9 Å². The van der Waals surface area contributed by atoms with Gasteiger partial charge in [0.1, 0.15) is 13.2 Å². The fourth-order valence-corrected chi connectivity index (χ4v) is 6.04. The van der Waals surface area contributed by atoms with Crippen LogP contribution in [0.1, 0.15) is 207 Å². The standard InChI is InChI=1S/C50H84O6/c1-4-7-10-13-16-18-20-22-24-25-27-28-30-32-34-37-40-43-49(52)55-46-47(45-54-48(51)42-39-36-15-12-9-6-3)56-50(53)44-41-38-35-33-31-29-26-23-21-19-17-14-11-8-5-2/h8,11,17,19,22-24,26,31,33,38,41,47H,4-7,9-10,12-16,18,20-21,25,27-30,32,34-37,39-40,42-46H2,1-3H3/b11-8-,19-17-,24-22-,26-23-,33-31-,41-38-. The van der Waals surface area contributed by atoms with Crippen molar-refractivity contribution in [2.75, 3.05) is 13.2 Å². The molecule has 0 saturated carbocycles. The first-order valence-electron chi connectivity index (χ1n) is 22.9. The highest BCUT2D eigenvalue weighted by molar-refractivity contribution is 5.72. The van der Waals surface area contributed by atoms with Gasteiger partial charge in [-0.25, -0.2) is 0 Å². The molecule has 0 fully saturated rings. The predicted octanol–water partition coefficient (Wildman–Crippen LogP) is 14.7. The summed E-state index contributed by atoms with van der Waals surface area (Å²) in [6.45, 7) is 6.35. The molecule has 0 aromatic carbocycles. The van der Waals surface area contributed by atoms with Gasteiger partial charge in [0.25, 0.3) is 0 Å². The molecule has 1 unspecified atom stereocenters. The van der Waals surface area contributed by atoms with Gasteiger partial charge < -0.3 is 14.2 Å². The number of hydrogen-bond acceptors (Lipinski definition) is 6. The summed E-state index contributed by atoms with van der Waals surface area (Å²) in [6.07, 6.45) is 55.0. The lowest BCUT2D eigenvalue weighted by molar-refractivity contribution is -0.166. The molecule has 0 saturated heterocycles. The van der Waals surface area contributed by atoms with Gasteiger partial charge in [-0.05, 0) is 70.6 Å². The highest BCUT2D eigenvalue weighted by atomic mass is 16.6. The second-order valence-electron chi connectivity index (χ2n) is 14.9. The van der Waals surface area contributed by atoms with Crippen LogP contribution in [0.2, 0.25) is 0 Å². The Balaban J connectivity index is 4.39. The smallest absolute Gasteiger partial charge is 0.310 e. The van der Waals surface area contributed by atoms with Crippen molar-refractivity contribution in [1.82, 2.24) is 0 Å². The molecule has 0 aromatic heterocycles. The van der Waals surface area contributed by atoms with Crippen molar-refractivity contribution in [3.8, 4) is 0 Å². The average molecular weight is 781 g/mol. The Labute approximate surface area is 344 Å². The first-order valence-corrected chi connectivity index (χ1v) is 22.9. The van der Waals surface area contributed by atoms with Gasteiger partial charge in [0.05, 0.1) is 6.42 Å². The van der Waals surface area contributed by atoms with Crippen molar-refractivity contribution in [2.24, 2.45) is 0 Å². The third-order valence-electron chi connectivity index (χ3n) is 9.48. The van der Waals surface area contributed by atoms with Crippen LogP contribution in [0.3, 0.4) is 0 Å². The highest BCUT2D eigenvalue weighted by Crippen LogP contribution is 2.13. The van der Waals surface area contributed by atoms with Gasteiger partial charge in [-0.2, -0.15) is 0 Å². The van der Waals surface area contributed by atoms with Crippen LogP contribution in [-0.2, 0) is 28.6 Å². The number of carbonyl (C=O) groups excluding carboxylic acids is 3. The summed E-state index contributed by atoms with van der Waals surface area (Å²) in [7, 11) is 0. The van der Waals surface area contributed by atoms with Crippen LogP contribution in [0.25, 0.3) is 0 Å². The fraction of sp³-hybridized carbons (Fsp3) is 0.700. The Bertz CT molecular complexity index is 1080. The molecule has 6 nitrogen and oxygen atoms in total. The zero-order valence-corrected chi connectivity index (χ0v) is 36.4. The second-order valence-corrected chi connectivity index (χ2v) is 14.9. The molecule has 0 rings (SSSR count). The molecule has 320 valence electrons. The number of hydrogen-bond donors (Lipinski definition) is 0. The quantitative estimate of drug-likeness (QED) is 0.0267. The summed E-state index contributed by atoms with van der Waals surface area (Å²) in [5.74, 6) is -1.07. The van der Waals surface area contributed by atoms with Gasteiger partial charge >= 0.3 is 17.9 Å². The molecule has 1 atom stereocenters. The van der Waals surface area contributed by atoms with E-state index in [4.69, 9.17) is 14.2 Å². The van der Waals surface area contributed by atoms with E-state index in [1.54, 1.807) is 6.08 Å². The van der Waals surface area contributed by atoms with Crippen LogP contribution in [-0.4, -0.2) is 37.2 Å². The first-order chi connectivity index (χ1) is 27.5. The Hall–Kier alpha value is -3.15. The summed E-state index contributed by atoms with van der Waals surface area (Å²) < 4.78 is 16.5. The molecule has 0 N–H and O–H groups in total. The topological polar surface area (TPSA) is 78.9 Å². The van der Waals surface area contributed by atoms with Crippen LogP contribution < -0.4 is 0 Å². The molecule has 0 aliphatic carbocycles. The van der Waals surface area contributed by atoms with Gasteiger partial charge in [-0.15, -0.1) is 0 Å². The van der Waals surface area contributed by atoms with E-state index >= 15 is 0 Å². The van der Waals surface area contributed by atoms with Crippen LogP contribution in [0.4, 0.5) is 0 Å². The molecular weight excluding hydrogens is 697 g/mol. The zero-order chi connectivity index (χ0) is 40.8. The number of allylic oxidation sites excluding steroid dienone is 11. The van der Waals surface area contributed by atoms with Crippen molar-refractivity contribution in [2.45, 2.75) is 213 Å². The normalized spacial score (nSPS) is 12.7. The SMILES string of the molecule is CC/C=C\C/C=C\C/C=C\C/C=C\C/C=C\CC(=O)OC(COC(=O)CCCCCCCC)COC(=O)CCCCCCCCC/C=C\CCCCCCCC. The van der Waals surface area contributed by atoms with Crippen molar-refractivity contribution < 1.29 is 28.6 Å². The van der Waals surface area contributed by atoms with E-state index in [2.05, 4.69) is 81.5 Å². The molecule has 0 radical (unpaired) electrons. The summed E-state index contributed by atoms with van der Waals surface area (Å²) in [6, 6.07) is 0. The van der Waals surface area contributed by atoms with E-state index in [1.807, 2.05) is 6.08 Å². The van der Waals surface area contributed by atoms with E-state index in [-0.39, 0.29) is 31.6 Å². The lowest BCUT2D eigenvalue weighted by atomic mass is 10.1. The van der Waals surface area contributed by atoms with Gasteiger partial charge in [0.2, 0.25) is 0 Å². The van der Waals surface area contributed by atoms with Crippen LogP contribution in [0, 0.1) is 0 Å². The van der Waals surface area contributed by atoms with E-state index in [0.29, 0.717) is 12.8 Å². The third kappa shape index (κ3) is 42.0. The lowest BCUT2D eigenvalue weighted by Gasteiger charge is -2.18. The Morgan fingerprint density at radius 2 is 0.750 bits per heavy atom. The maximum absolute atomic E-state index is 12.6. The minimum Gasteiger partial charge on any atom is -0.462 e. The minimum atomic E-state index is -0.826. The van der Waals surface area contributed by atoms with Crippen molar-refractivity contribution in [1.29, 1.82) is 0 Å².